The zero-order chi connectivity index (χ0) is 9.97. The van der Waals surface area contributed by atoms with E-state index < -0.39 is 0 Å². The number of halogens is 1. The first kappa shape index (κ1) is 11.8. The van der Waals surface area contributed by atoms with Crippen LogP contribution in [0.5, 0.6) is 0 Å². The molecule has 1 aliphatic heterocycles. The van der Waals surface area contributed by atoms with Gasteiger partial charge in [0.25, 0.3) is 0 Å². The van der Waals surface area contributed by atoms with Crippen LogP contribution in [0.3, 0.4) is 0 Å². The first-order valence-corrected chi connectivity index (χ1v) is 4.69. The van der Waals surface area contributed by atoms with Gasteiger partial charge in [-0.15, -0.1) is 12.4 Å². The maximum absolute atomic E-state index is 8.70. The molecule has 1 unspecified atom stereocenters. The number of nitrogens with two attached hydrogens (primary N) is 1. The maximum atomic E-state index is 8.70. The predicted molar refractivity (Wildman–Crippen MR) is 61.0 cm³/mol. The van der Waals surface area contributed by atoms with Crippen molar-refractivity contribution in [2.75, 3.05) is 18.0 Å². The third kappa shape index (κ3) is 2.20. The number of anilines is 1. The summed E-state index contributed by atoms with van der Waals surface area (Å²) in [5.74, 6) is 0.866. The van der Waals surface area contributed by atoms with E-state index in [1.807, 2.05) is 18.2 Å². The van der Waals surface area contributed by atoms with Crippen LogP contribution in [0.25, 0.3) is 0 Å². The predicted octanol–water partition coefficient (Wildman–Crippen LogP) is 0.912. The molecule has 15 heavy (non-hydrogen) atoms. The molecule has 4 nitrogen and oxygen atoms in total. The summed E-state index contributed by atoms with van der Waals surface area (Å²) in [6.45, 7) is 1.64. The van der Waals surface area contributed by atoms with Crippen LogP contribution in [-0.4, -0.2) is 24.1 Å². The van der Waals surface area contributed by atoms with E-state index in [0.29, 0.717) is 18.3 Å². The molecule has 0 saturated carbocycles. The van der Waals surface area contributed by atoms with E-state index in [1.165, 1.54) is 0 Å². The van der Waals surface area contributed by atoms with Crippen LogP contribution in [0.4, 0.5) is 5.82 Å². The van der Waals surface area contributed by atoms with Crippen molar-refractivity contribution in [2.24, 2.45) is 5.73 Å². The maximum Gasteiger partial charge on any atom is 0.142 e. The monoisotopic (exact) mass is 224 g/mol. The zero-order valence-electron chi connectivity index (χ0n) is 8.26. The van der Waals surface area contributed by atoms with Crippen LogP contribution in [0.1, 0.15) is 12.1 Å². The molecule has 0 radical (unpaired) electrons. The SMILES string of the molecule is Cl.N#Cc1cccc(N2CCC2CN)n1. The van der Waals surface area contributed by atoms with Gasteiger partial charge in [-0.05, 0) is 18.6 Å². The highest BCUT2D eigenvalue weighted by Crippen LogP contribution is 2.23. The second kappa shape index (κ2) is 4.96. The van der Waals surface area contributed by atoms with E-state index in [9.17, 15) is 0 Å². The van der Waals surface area contributed by atoms with Gasteiger partial charge in [0.1, 0.15) is 17.6 Å². The average molecular weight is 225 g/mol. The number of hydrogen-bond acceptors (Lipinski definition) is 4. The standard InChI is InChI=1S/C10H12N4.ClH/c11-6-8-2-1-3-10(13-8)14-5-4-9(14)7-12;/h1-3,9H,4-5,7,12H2;1H. The van der Waals surface area contributed by atoms with Gasteiger partial charge in [-0.25, -0.2) is 4.98 Å². The molecule has 5 heteroatoms. The van der Waals surface area contributed by atoms with Crippen LogP contribution in [0.15, 0.2) is 18.2 Å². The number of nitriles is 1. The minimum absolute atomic E-state index is 0. The lowest BCUT2D eigenvalue weighted by atomic mass is 10.0. The van der Waals surface area contributed by atoms with E-state index in [4.69, 9.17) is 11.0 Å². The summed E-state index contributed by atoms with van der Waals surface area (Å²) < 4.78 is 0. The van der Waals surface area contributed by atoms with Gasteiger partial charge in [0.15, 0.2) is 0 Å². The molecule has 2 heterocycles. The molecule has 0 bridgehead atoms. The van der Waals surface area contributed by atoms with Crippen molar-refractivity contribution in [3.63, 3.8) is 0 Å². The molecule has 0 aromatic carbocycles. The third-order valence-electron chi connectivity index (χ3n) is 2.56. The summed E-state index contributed by atoms with van der Waals surface area (Å²) in [6.07, 6.45) is 1.12. The van der Waals surface area contributed by atoms with Crippen LogP contribution in [0.2, 0.25) is 0 Å². The Kier molecular flexibility index (Phi) is 3.89. The van der Waals surface area contributed by atoms with E-state index in [-0.39, 0.29) is 12.4 Å². The molecule has 1 aromatic rings. The van der Waals surface area contributed by atoms with Crippen molar-refractivity contribution in [3.05, 3.63) is 23.9 Å². The number of nitrogens with zero attached hydrogens (tertiary/aromatic N) is 3. The fourth-order valence-electron chi connectivity index (χ4n) is 1.63. The molecule has 1 saturated heterocycles. The number of pyridine rings is 1. The summed E-state index contributed by atoms with van der Waals surface area (Å²) >= 11 is 0. The number of aromatic nitrogens is 1. The fourth-order valence-corrected chi connectivity index (χ4v) is 1.63. The van der Waals surface area contributed by atoms with Gasteiger partial charge in [-0.2, -0.15) is 5.26 Å². The summed E-state index contributed by atoms with van der Waals surface area (Å²) in [7, 11) is 0. The molecule has 2 rings (SSSR count). The fraction of sp³-hybridized carbons (Fsp3) is 0.400. The Balaban J connectivity index is 0.00000112. The summed E-state index contributed by atoms with van der Waals surface area (Å²) in [5.41, 5.74) is 6.06. The Morgan fingerprint density at radius 3 is 2.93 bits per heavy atom. The topological polar surface area (TPSA) is 65.9 Å². The Labute approximate surface area is 95.1 Å². The molecule has 0 amide bonds. The molecule has 0 spiro atoms. The molecule has 1 aliphatic rings. The van der Waals surface area contributed by atoms with E-state index in [1.54, 1.807) is 6.07 Å². The molecule has 1 atom stereocenters. The van der Waals surface area contributed by atoms with Crippen molar-refractivity contribution in [1.82, 2.24) is 4.98 Å². The molecule has 1 aromatic heterocycles. The van der Waals surface area contributed by atoms with Gasteiger partial charge in [0.2, 0.25) is 0 Å². The molecular formula is C10H13ClN4. The van der Waals surface area contributed by atoms with Gasteiger partial charge in [-0.1, -0.05) is 6.07 Å². The molecule has 2 N–H and O–H groups in total. The first-order chi connectivity index (χ1) is 6.85. The molecule has 80 valence electrons. The second-order valence-electron chi connectivity index (χ2n) is 3.36. The Morgan fingerprint density at radius 2 is 2.40 bits per heavy atom. The van der Waals surface area contributed by atoms with Gasteiger partial charge in [0, 0.05) is 19.1 Å². The second-order valence-corrected chi connectivity index (χ2v) is 3.36. The Bertz CT molecular complexity index is 372. The molecule has 0 aliphatic carbocycles. The minimum atomic E-state index is 0. The third-order valence-corrected chi connectivity index (χ3v) is 2.56. The van der Waals surface area contributed by atoms with Gasteiger partial charge in [-0.3, -0.25) is 0 Å². The lowest BCUT2D eigenvalue weighted by Crippen LogP contribution is -2.52. The largest absolute Gasteiger partial charge is 0.352 e. The zero-order valence-corrected chi connectivity index (χ0v) is 9.07. The Morgan fingerprint density at radius 1 is 1.60 bits per heavy atom. The summed E-state index contributed by atoms with van der Waals surface area (Å²) in [6, 6.07) is 7.92. The quantitative estimate of drug-likeness (QED) is 0.811. The van der Waals surface area contributed by atoms with Crippen LogP contribution in [-0.2, 0) is 0 Å². The van der Waals surface area contributed by atoms with E-state index in [2.05, 4.69) is 9.88 Å². The smallest absolute Gasteiger partial charge is 0.142 e. The summed E-state index contributed by atoms with van der Waals surface area (Å²) in [5, 5.41) is 8.70. The summed E-state index contributed by atoms with van der Waals surface area (Å²) in [4.78, 5) is 6.36. The number of rotatable bonds is 2. The van der Waals surface area contributed by atoms with Crippen LogP contribution >= 0.6 is 12.4 Å². The van der Waals surface area contributed by atoms with Gasteiger partial charge in [0.05, 0.1) is 0 Å². The first-order valence-electron chi connectivity index (χ1n) is 4.69. The minimum Gasteiger partial charge on any atom is -0.352 e. The average Bonchev–Trinajstić information content (AvgIpc) is 2.17. The van der Waals surface area contributed by atoms with Crippen LogP contribution < -0.4 is 10.6 Å². The molecular weight excluding hydrogens is 212 g/mol. The highest BCUT2D eigenvalue weighted by molar-refractivity contribution is 5.85. The van der Waals surface area contributed by atoms with Crippen molar-refractivity contribution in [1.29, 1.82) is 5.26 Å². The Hall–Kier alpha value is -1.31. The van der Waals surface area contributed by atoms with E-state index in [0.717, 1.165) is 18.8 Å². The van der Waals surface area contributed by atoms with E-state index >= 15 is 0 Å². The van der Waals surface area contributed by atoms with Gasteiger partial charge >= 0.3 is 0 Å². The highest BCUT2D eigenvalue weighted by atomic mass is 35.5. The molecule has 1 fully saturated rings. The van der Waals surface area contributed by atoms with Crippen molar-refractivity contribution in [2.45, 2.75) is 12.5 Å². The van der Waals surface area contributed by atoms with Crippen LogP contribution in [0, 0.1) is 11.3 Å². The highest BCUT2D eigenvalue weighted by Gasteiger charge is 2.27. The van der Waals surface area contributed by atoms with Crippen molar-refractivity contribution < 1.29 is 0 Å². The normalized spacial score (nSPS) is 18.7. The van der Waals surface area contributed by atoms with Crippen molar-refractivity contribution in [3.8, 4) is 6.07 Å². The van der Waals surface area contributed by atoms with Gasteiger partial charge < -0.3 is 10.6 Å². The number of hydrogen-bond donors (Lipinski definition) is 1. The van der Waals surface area contributed by atoms with Crippen molar-refractivity contribution >= 4 is 18.2 Å². The lowest BCUT2D eigenvalue weighted by molar-refractivity contribution is 0.452. The lowest BCUT2D eigenvalue weighted by Gasteiger charge is -2.41.